The van der Waals surface area contributed by atoms with Gasteiger partial charge in [-0.15, -0.1) is 5.10 Å². The van der Waals surface area contributed by atoms with Crippen molar-refractivity contribution in [2.24, 2.45) is 7.05 Å². The highest BCUT2D eigenvalue weighted by Gasteiger charge is 2.14. The molecular formula is C11H22N4S. The highest BCUT2D eigenvalue weighted by atomic mass is 32.2. The lowest BCUT2D eigenvalue weighted by Gasteiger charge is -2.17. The second-order valence-electron chi connectivity index (χ2n) is 3.86. The minimum absolute atomic E-state index is 0.372. The number of aryl methyl sites for hydroxylation is 1. The number of aromatic nitrogens is 3. The van der Waals surface area contributed by atoms with Gasteiger partial charge in [-0.1, -0.05) is 19.1 Å². The van der Waals surface area contributed by atoms with Crippen LogP contribution in [0.5, 0.6) is 0 Å². The molecule has 0 amide bonds. The molecule has 0 aromatic carbocycles. The first-order chi connectivity index (χ1) is 7.79. The van der Waals surface area contributed by atoms with E-state index in [-0.39, 0.29) is 0 Å². The summed E-state index contributed by atoms with van der Waals surface area (Å²) in [4.78, 5) is 0. The van der Waals surface area contributed by atoms with E-state index in [2.05, 4.69) is 29.5 Å². The van der Waals surface area contributed by atoms with Gasteiger partial charge in [0.15, 0.2) is 0 Å². The minimum atomic E-state index is 0.372. The summed E-state index contributed by atoms with van der Waals surface area (Å²) in [6.07, 6.45) is 4.24. The first kappa shape index (κ1) is 13.5. The van der Waals surface area contributed by atoms with Crippen molar-refractivity contribution < 1.29 is 0 Å². The quantitative estimate of drug-likeness (QED) is 0.708. The van der Waals surface area contributed by atoms with Gasteiger partial charge in [0.1, 0.15) is 0 Å². The van der Waals surface area contributed by atoms with Crippen LogP contribution in [-0.2, 0) is 7.05 Å². The van der Waals surface area contributed by atoms with Crippen LogP contribution >= 0.6 is 11.8 Å². The van der Waals surface area contributed by atoms with Crippen molar-refractivity contribution in [1.29, 1.82) is 0 Å². The number of hydrogen-bond acceptors (Lipinski definition) is 4. The molecule has 1 unspecified atom stereocenters. The summed E-state index contributed by atoms with van der Waals surface area (Å²) in [6, 6.07) is 0.372. The van der Waals surface area contributed by atoms with E-state index in [9.17, 15) is 0 Å². The standard InChI is InChI=1S/C11H22N4S/c1-4-6-12-10(9-16-7-5-2)11-8-13-14-15(11)3/h8,10,12H,4-7,9H2,1-3H3. The van der Waals surface area contributed by atoms with Gasteiger partial charge < -0.3 is 5.32 Å². The molecule has 0 fully saturated rings. The summed E-state index contributed by atoms with van der Waals surface area (Å²) >= 11 is 1.99. The minimum Gasteiger partial charge on any atom is -0.308 e. The van der Waals surface area contributed by atoms with Crippen LogP contribution in [0.3, 0.4) is 0 Å². The first-order valence-corrected chi connectivity index (χ1v) is 7.10. The molecule has 1 aromatic rings. The molecule has 0 aliphatic heterocycles. The maximum Gasteiger partial charge on any atom is 0.0761 e. The second kappa shape index (κ2) is 7.68. The zero-order valence-corrected chi connectivity index (χ0v) is 11.3. The topological polar surface area (TPSA) is 42.7 Å². The monoisotopic (exact) mass is 242 g/mol. The smallest absolute Gasteiger partial charge is 0.0761 e. The lowest BCUT2D eigenvalue weighted by Crippen LogP contribution is -2.26. The Morgan fingerprint density at radius 1 is 1.44 bits per heavy atom. The van der Waals surface area contributed by atoms with Crippen molar-refractivity contribution >= 4 is 11.8 Å². The fraction of sp³-hybridized carbons (Fsp3) is 0.818. The largest absolute Gasteiger partial charge is 0.308 e. The van der Waals surface area contributed by atoms with Gasteiger partial charge in [0, 0.05) is 12.8 Å². The van der Waals surface area contributed by atoms with Gasteiger partial charge in [-0.25, -0.2) is 0 Å². The lowest BCUT2D eigenvalue weighted by molar-refractivity contribution is 0.532. The molecular weight excluding hydrogens is 220 g/mol. The number of hydrogen-bond donors (Lipinski definition) is 1. The van der Waals surface area contributed by atoms with E-state index in [1.807, 2.05) is 29.7 Å². The molecule has 0 aliphatic rings. The van der Waals surface area contributed by atoms with Crippen LogP contribution in [-0.4, -0.2) is 33.0 Å². The van der Waals surface area contributed by atoms with Crippen LogP contribution in [0.1, 0.15) is 38.4 Å². The summed E-state index contributed by atoms with van der Waals surface area (Å²) in [5.74, 6) is 2.31. The van der Waals surface area contributed by atoms with E-state index < -0.39 is 0 Å². The molecule has 0 spiro atoms. The first-order valence-electron chi connectivity index (χ1n) is 5.95. The van der Waals surface area contributed by atoms with Gasteiger partial charge in [-0.2, -0.15) is 11.8 Å². The molecule has 0 aliphatic carbocycles. The van der Waals surface area contributed by atoms with E-state index in [4.69, 9.17) is 0 Å². The number of nitrogens with one attached hydrogen (secondary N) is 1. The Kier molecular flexibility index (Phi) is 6.49. The molecule has 1 N–H and O–H groups in total. The van der Waals surface area contributed by atoms with Crippen molar-refractivity contribution in [1.82, 2.24) is 20.3 Å². The van der Waals surface area contributed by atoms with Gasteiger partial charge >= 0.3 is 0 Å². The third-order valence-corrected chi connectivity index (χ3v) is 3.65. The molecule has 0 bridgehead atoms. The molecule has 1 atom stereocenters. The molecule has 16 heavy (non-hydrogen) atoms. The molecule has 4 nitrogen and oxygen atoms in total. The third-order valence-electron chi connectivity index (χ3n) is 2.38. The summed E-state index contributed by atoms with van der Waals surface area (Å²) in [6.45, 7) is 5.44. The van der Waals surface area contributed by atoms with Crippen LogP contribution in [0.2, 0.25) is 0 Å². The molecule has 1 aromatic heterocycles. The number of rotatable bonds is 8. The molecule has 92 valence electrons. The van der Waals surface area contributed by atoms with Crippen molar-refractivity contribution in [2.45, 2.75) is 32.7 Å². The maximum absolute atomic E-state index is 3.99. The van der Waals surface area contributed by atoms with Crippen LogP contribution in [0.15, 0.2) is 6.20 Å². The predicted octanol–water partition coefficient (Wildman–Crippen LogP) is 2.00. The zero-order valence-electron chi connectivity index (χ0n) is 10.4. The molecule has 5 heteroatoms. The van der Waals surface area contributed by atoms with E-state index in [0.717, 1.165) is 18.7 Å². The van der Waals surface area contributed by atoms with Gasteiger partial charge in [0.2, 0.25) is 0 Å². The van der Waals surface area contributed by atoms with Crippen LogP contribution in [0.4, 0.5) is 0 Å². The van der Waals surface area contributed by atoms with Crippen LogP contribution < -0.4 is 5.32 Å². The van der Waals surface area contributed by atoms with Crippen molar-refractivity contribution in [3.05, 3.63) is 11.9 Å². The number of thioether (sulfide) groups is 1. The van der Waals surface area contributed by atoms with E-state index in [0.29, 0.717) is 6.04 Å². The zero-order chi connectivity index (χ0) is 11.8. The Bertz CT molecular complexity index is 287. The normalized spacial score (nSPS) is 12.9. The molecule has 1 heterocycles. The van der Waals surface area contributed by atoms with Crippen LogP contribution in [0, 0.1) is 0 Å². The molecule has 0 saturated heterocycles. The van der Waals surface area contributed by atoms with Crippen LogP contribution in [0.25, 0.3) is 0 Å². The fourth-order valence-electron chi connectivity index (χ4n) is 1.53. The Balaban J connectivity index is 2.53. The third kappa shape index (κ3) is 4.14. The summed E-state index contributed by atoms with van der Waals surface area (Å²) in [5, 5.41) is 11.5. The lowest BCUT2D eigenvalue weighted by atomic mass is 10.2. The van der Waals surface area contributed by atoms with Gasteiger partial charge in [-0.3, -0.25) is 4.68 Å². The van der Waals surface area contributed by atoms with E-state index >= 15 is 0 Å². The average molecular weight is 242 g/mol. The van der Waals surface area contributed by atoms with E-state index in [1.54, 1.807) is 0 Å². The van der Waals surface area contributed by atoms with Crippen molar-refractivity contribution in [2.75, 3.05) is 18.1 Å². The fourth-order valence-corrected chi connectivity index (χ4v) is 2.51. The highest BCUT2D eigenvalue weighted by molar-refractivity contribution is 7.99. The Morgan fingerprint density at radius 2 is 2.25 bits per heavy atom. The maximum atomic E-state index is 3.99. The molecule has 0 radical (unpaired) electrons. The summed E-state index contributed by atoms with van der Waals surface area (Å²) < 4.78 is 1.86. The van der Waals surface area contributed by atoms with Crippen molar-refractivity contribution in [3.8, 4) is 0 Å². The van der Waals surface area contributed by atoms with Gasteiger partial charge in [0.25, 0.3) is 0 Å². The predicted molar refractivity (Wildman–Crippen MR) is 69.7 cm³/mol. The van der Waals surface area contributed by atoms with Gasteiger partial charge in [0.05, 0.1) is 17.9 Å². The SMILES string of the molecule is CCCNC(CSCCC)c1cnnn1C. The van der Waals surface area contributed by atoms with E-state index in [1.165, 1.54) is 17.9 Å². The average Bonchev–Trinajstić information content (AvgIpc) is 2.70. The molecule has 1 rings (SSSR count). The Hall–Kier alpha value is -0.550. The highest BCUT2D eigenvalue weighted by Crippen LogP contribution is 2.17. The summed E-state index contributed by atoms with van der Waals surface area (Å²) in [5.41, 5.74) is 1.18. The van der Waals surface area contributed by atoms with Gasteiger partial charge in [-0.05, 0) is 25.1 Å². The Morgan fingerprint density at radius 3 is 2.81 bits per heavy atom. The second-order valence-corrected chi connectivity index (χ2v) is 5.01. The van der Waals surface area contributed by atoms with Crippen molar-refractivity contribution in [3.63, 3.8) is 0 Å². The molecule has 0 saturated carbocycles. The Labute approximate surface area is 102 Å². The summed E-state index contributed by atoms with van der Waals surface area (Å²) in [7, 11) is 1.95. The number of nitrogens with zero attached hydrogens (tertiary/aromatic N) is 3.